The van der Waals surface area contributed by atoms with Crippen molar-refractivity contribution in [2.45, 2.75) is 59.0 Å². The minimum atomic E-state index is -0.502. The predicted octanol–water partition coefficient (Wildman–Crippen LogP) is 3.44. The first-order chi connectivity index (χ1) is 12.9. The standard InChI is InChI=1S/C21H27N3O3/c1-14-9-8-10-15(2)23(14)19(25)13-27-21(26)20-16(3)22-24(17(20)4)18-11-6-5-7-12-18/h5-7,11-12,14-15H,8-10,13H2,1-4H3/t14-,15-/m0/s1. The Morgan fingerprint density at radius 2 is 1.74 bits per heavy atom. The molecule has 6 heteroatoms. The number of piperidine rings is 1. The van der Waals surface area contributed by atoms with Crippen LogP contribution < -0.4 is 0 Å². The Morgan fingerprint density at radius 1 is 1.11 bits per heavy atom. The minimum absolute atomic E-state index is 0.131. The first-order valence-corrected chi connectivity index (χ1v) is 9.50. The van der Waals surface area contributed by atoms with E-state index >= 15 is 0 Å². The Balaban J connectivity index is 1.72. The van der Waals surface area contributed by atoms with Crippen LogP contribution in [0.4, 0.5) is 0 Å². The number of benzene rings is 1. The van der Waals surface area contributed by atoms with Crippen molar-refractivity contribution in [1.82, 2.24) is 14.7 Å². The van der Waals surface area contributed by atoms with Gasteiger partial charge < -0.3 is 9.64 Å². The molecule has 1 aliphatic rings. The lowest BCUT2D eigenvalue weighted by atomic mass is 9.97. The SMILES string of the molecule is Cc1nn(-c2ccccc2)c(C)c1C(=O)OCC(=O)N1[C@@H](C)CCC[C@@H]1C. The van der Waals surface area contributed by atoms with Gasteiger partial charge >= 0.3 is 5.97 Å². The lowest BCUT2D eigenvalue weighted by Gasteiger charge is -2.38. The monoisotopic (exact) mass is 369 g/mol. The third-order valence-electron chi connectivity index (χ3n) is 5.30. The van der Waals surface area contributed by atoms with Crippen molar-refractivity contribution in [3.8, 4) is 5.69 Å². The molecule has 27 heavy (non-hydrogen) atoms. The van der Waals surface area contributed by atoms with E-state index in [-0.39, 0.29) is 24.6 Å². The molecule has 6 nitrogen and oxygen atoms in total. The van der Waals surface area contributed by atoms with E-state index in [0.717, 1.165) is 24.9 Å². The number of amides is 1. The van der Waals surface area contributed by atoms with Gasteiger partial charge in [0.25, 0.3) is 5.91 Å². The zero-order chi connectivity index (χ0) is 19.6. The summed E-state index contributed by atoms with van der Waals surface area (Å²) in [5.74, 6) is -0.633. The van der Waals surface area contributed by atoms with Gasteiger partial charge in [-0.1, -0.05) is 18.2 Å². The number of esters is 1. The Kier molecular flexibility index (Phi) is 5.63. The van der Waals surface area contributed by atoms with E-state index in [1.807, 2.05) is 56.0 Å². The molecule has 0 unspecified atom stereocenters. The molecule has 2 heterocycles. The van der Waals surface area contributed by atoms with Crippen LogP contribution in [0.1, 0.15) is 54.9 Å². The molecule has 2 aromatic rings. The average molecular weight is 369 g/mol. The Morgan fingerprint density at radius 3 is 2.37 bits per heavy atom. The lowest BCUT2D eigenvalue weighted by Crippen LogP contribution is -2.49. The van der Waals surface area contributed by atoms with Gasteiger partial charge in [-0.15, -0.1) is 0 Å². The van der Waals surface area contributed by atoms with E-state index in [2.05, 4.69) is 5.10 Å². The molecule has 3 rings (SSSR count). The van der Waals surface area contributed by atoms with Gasteiger partial charge in [-0.25, -0.2) is 9.48 Å². The zero-order valence-electron chi connectivity index (χ0n) is 16.4. The summed E-state index contributed by atoms with van der Waals surface area (Å²) in [6, 6.07) is 9.99. The topological polar surface area (TPSA) is 64.4 Å². The van der Waals surface area contributed by atoms with Gasteiger partial charge in [0.1, 0.15) is 5.56 Å². The molecule has 0 bridgehead atoms. The van der Waals surface area contributed by atoms with Gasteiger partial charge in [-0.2, -0.15) is 5.10 Å². The van der Waals surface area contributed by atoms with E-state index in [9.17, 15) is 9.59 Å². The smallest absolute Gasteiger partial charge is 0.342 e. The number of aryl methyl sites for hydroxylation is 1. The van der Waals surface area contributed by atoms with E-state index in [1.54, 1.807) is 11.6 Å². The summed E-state index contributed by atoms with van der Waals surface area (Å²) in [6.07, 6.45) is 3.11. The molecule has 0 N–H and O–H groups in total. The van der Waals surface area contributed by atoms with Crippen molar-refractivity contribution in [2.24, 2.45) is 0 Å². The second-order valence-corrected chi connectivity index (χ2v) is 7.30. The number of rotatable bonds is 4. The molecule has 1 aliphatic heterocycles. The van der Waals surface area contributed by atoms with Crippen molar-refractivity contribution in [1.29, 1.82) is 0 Å². The van der Waals surface area contributed by atoms with Gasteiger partial charge in [-0.3, -0.25) is 4.79 Å². The second-order valence-electron chi connectivity index (χ2n) is 7.30. The van der Waals surface area contributed by atoms with Crippen LogP contribution in [0, 0.1) is 13.8 Å². The van der Waals surface area contributed by atoms with E-state index in [4.69, 9.17) is 4.74 Å². The van der Waals surface area contributed by atoms with Crippen molar-refractivity contribution < 1.29 is 14.3 Å². The van der Waals surface area contributed by atoms with Crippen molar-refractivity contribution >= 4 is 11.9 Å². The summed E-state index contributed by atoms with van der Waals surface area (Å²) >= 11 is 0. The summed E-state index contributed by atoms with van der Waals surface area (Å²) in [4.78, 5) is 27.1. The second kappa shape index (κ2) is 7.94. The summed E-state index contributed by atoms with van der Waals surface area (Å²) in [5, 5.41) is 4.46. The van der Waals surface area contributed by atoms with Crippen LogP contribution in [-0.2, 0) is 9.53 Å². The molecule has 1 aromatic heterocycles. The van der Waals surface area contributed by atoms with Crippen LogP contribution in [0.2, 0.25) is 0 Å². The van der Waals surface area contributed by atoms with Crippen LogP contribution >= 0.6 is 0 Å². The number of hydrogen-bond donors (Lipinski definition) is 0. The summed E-state index contributed by atoms with van der Waals surface area (Å²) in [7, 11) is 0. The molecule has 0 aliphatic carbocycles. The maximum Gasteiger partial charge on any atom is 0.342 e. The van der Waals surface area contributed by atoms with Crippen molar-refractivity contribution in [2.75, 3.05) is 6.61 Å². The molecule has 0 saturated carbocycles. The van der Waals surface area contributed by atoms with Crippen molar-refractivity contribution in [3.63, 3.8) is 0 Å². The van der Waals surface area contributed by atoms with Gasteiger partial charge in [0, 0.05) is 12.1 Å². The summed E-state index contributed by atoms with van der Waals surface area (Å²) in [5.41, 5.74) is 2.60. The molecule has 0 spiro atoms. The van der Waals surface area contributed by atoms with Gasteiger partial charge in [0.2, 0.25) is 0 Å². The quantitative estimate of drug-likeness (QED) is 0.775. The molecule has 144 valence electrons. The van der Waals surface area contributed by atoms with Gasteiger partial charge in [-0.05, 0) is 59.1 Å². The van der Waals surface area contributed by atoms with E-state index in [0.29, 0.717) is 17.0 Å². The normalized spacial score (nSPS) is 19.8. The maximum absolute atomic E-state index is 12.6. The Labute approximate surface area is 160 Å². The predicted molar refractivity (Wildman–Crippen MR) is 103 cm³/mol. The van der Waals surface area contributed by atoms with Crippen LogP contribution in [0.15, 0.2) is 30.3 Å². The Bertz CT molecular complexity index is 819. The molecule has 2 atom stereocenters. The highest BCUT2D eigenvalue weighted by Crippen LogP contribution is 2.23. The van der Waals surface area contributed by atoms with Crippen LogP contribution in [0.5, 0.6) is 0 Å². The van der Waals surface area contributed by atoms with Gasteiger partial charge in [0.05, 0.1) is 17.1 Å². The first kappa shape index (κ1) is 19.1. The molecule has 1 saturated heterocycles. The highest BCUT2D eigenvalue weighted by atomic mass is 16.5. The fourth-order valence-electron chi connectivity index (χ4n) is 3.95. The number of nitrogens with zero attached hydrogens (tertiary/aromatic N) is 3. The number of carbonyl (C=O) groups excluding carboxylic acids is 2. The highest BCUT2D eigenvalue weighted by molar-refractivity contribution is 5.93. The van der Waals surface area contributed by atoms with Crippen LogP contribution in [0.3, 0.4) is 0 Å². The molecular weight excluding hydrogens is 342 g/mol. The number of hydrogen-bond acceptors (Lipinski definition) is 4. The van der Waals surface area contributed by atoms with Gasteiger partial charge in [0.15, 0.2) is 6.61 Å². The van der Waals surface area contributed by atoms with E-state index < -0.39 is 5.97 Å². The third kappa shape index (κ3) is 3.89. The maximum atomic E-state index is 12.6. The summed E-state index contributed by atoms with van der Waals surface area (Å²) in [6.45, 7) is 7.48. The lowest BCUT2D eigenvalue weighted by molar-refractivity contribution is -0.140. The zero-order valence-corrected chi connectivity index (χ0v) is 16.4. The molecular formula is C21H27N3O3. The van der Waals surface area contributed by atoms with Crippen LogP contribution in [0.25, 0.3) is 5.69 Å². The summed E-state index contributed by atoms with van der Waals surface area (Å²) < 4.78 is 7.09. The largest absolute Gasteiger partial charge is 0.452 e. The number of ether oxygens (including phenoxy) is 1. The fraction of sp³-hybridized carbons (Fsp3) is 0.476. The number of likely N-dealkylation sites (tertiary alicyclic amines) is 1. The number of carbonyl (C=O) groups is 2. The molecule has 0 radical (unpaired) electrons. The minimum Gasteiger partial charge on any atom is -0.452 e. The number of para-hydroxylation sites is 1. The Hall–Kier alpha value is -2.63. The molecule has 1 amide bonds. The highest BCUT2D eigenvalue weighted by Gasteiger charge is 2.30. The molecule has 1 fully saturated rings. The van der Waals surface area contributed by atoms with E-state index in [1.165, 1.54) is 0 Å². The number of aromatic nitrogens is 2. The third-order valence-corrected chi connectivity index (χ3v) is 5.30. The first-order valence-electron chi connectivity index (χ1n) is 9.50. The van der Waals surface area contributed by atoms with Crippen LogP contribution in [-0.4, -0.2) is 45.2 Å². The molecule has 1 aromatic carbocycles. The fourth-order valence-corrected chi connectivity index (χ4v) is 3.95. The average Bonchev–Trinajstić information content (AvgIpc) is 2.94. The van der Waals surface area contributed by atoms with Crippen molar-refractivity contribution in [3.05, 3.63) is 47.3 Å².